The second kappa shape index (κ2) is 9.18. The van der Waals surface area contributed by atoms with Crippen LogP contribution in [0.2, 0.25) is 10.0 Å². The highest BCUT2D eigenvalue weighted by Gasteiger charge is 2.23. The first kappa shape index (κ1) is 20.3. The lowest BCUT2D eigenvalue weighted by Crippen LogP contribution is -2.22. The molecule has 3 nitrogen and oxygen atoms in total. The molecule has 0 amide bonds. The normalized spacial score (nSPS) is 11.9. The SMILES string of the molecule is Cc1cc(F)ccc1C(Nc1ccc(Cl)cc1Cl)C(=O)CCc1ccncc1. The molecule has 28 heavy (non-hydrogen) atoms. The number of hydrogen-bond donors (Lipinski definition) is 1. The molecule has 0 spiro atoms. The number of aryl methyl sites for hydroxylation is 2. The first-order chi connectivity index (χ1) is 13.4. The third kappa shape index (κ3) is 5.09. The van der Waals surface area contributed by atoms with Crippen LogP contribution in [0.1, 0.15) is 29.2 Å². The zero-order chi connectivity index (χ0) is 20.1. The van der Waals surface area contributed by atoms with Crippen LogP contribution in [-0.4, -0.2) is 10.8 Å². The third-order valence-corrected chi connectivity index (χ3v) is 5.05. The number of Topliss-reactive ketones (excluding diaryl/α,β-unsaturated/α-hetero) is 1. The van der Waals surface area contributed by atoms with Crippen molar-refractivity contribution in [3.8, 4) is 0 Å². The smallest absolute Gasteiger partial charge is 0.159 e. The highest BCUT2D eigenvalue weighted by molar-refractivity contribution is 6.36. The molecule has 3 rings (SSSR count). The van der Waals surface area contributed by atoms with Crippen molar-refractivity contribution in [2.75, 3.05) is 5.32 Å². The lowest BCUT2D eigenvalue weighted by atomic mass is 9.94. The van der Waals surface area contributed by atoms with Crippen molar-refractivity contribution in [3.63, 3.8) is 0 Å². The predicted molar refractivity (Wildman–Crippen MR) is 112 cm³/mol. The Hall–Kier alpha value is -2.43. The molecular weight excluding hydrogens is 398 g/mol. The Morgan fingerprint density at radius 3 is 2.54 bits per heavy atom. The Bertz CT molecular complexity index is 980. The van der Waals surface area contributed by atoms with Crippen molar-refractivity contribution >= 4 is 34.7 Å². The number of rotatable bonds is 7. The highest BCUT2D eigenvalue weighted by atomic mass is 35.5. The minimum absolute atomic E-state index is 0.0162. The summed E-state index contributed by atoms with van der Waals surface area (Å²) in [5, 5.41) is 4.14. The molecule has 0 aliphatic heterocycles. The summed E-state index contributed by atoms with van der Waals surface area (Å²) in [6, 6.07) is 12.6. The second-order valence-corrected chi connectivity index (χ2v) is 7.37. The van der Waals surface area contributed by atoms with Crippen LogP contribution in [0.25, 0.3) is 0 Å². The van der Waals surface area contributed by atoms with Gasteiger partial charge in [-0.15, -0.1) is 0 Å². The summed E-state index contributed by atoms with van der Waals surface area (Å²) in [5.74, 6) is -0.355. The number of pyridine rings is 1. The van der Waals surface area contributed by atoms with E-state index in [2.05, 4.69) is 10.3 Å². The number of nitrogens with zero attached hydrogens (tertiary/aromatic N) is 1. The molecule has 0 bridgehead atoms. The van der Waals surface area contributed by atoms with Gasteiger partial charge in [0.05, 0.1) is 10.7 Å². The van der Waals surface area contributed by atoms with E-state index < -0.39 is 6.04 Å². The Morgan fingerprint density at radius 2 is 1.86 bits per heavy atom. The number of anilines is 1. The van der Waals surface area contributed by atoms with Crippen LogP contribution in [0.4, 0.5) is 10.1 Å². The molecular formula is C22H19Cl2FN2O. The molecule has 144 valence electrons. The topological polar surface area (TPSA) is 42.0 Å². The van der Waals surface area contributed by atoms with Crippen molar-refractivity contribution in [3.05, 3.63) is 93.5 Å². The molecule has 0 radical (unpaired) electrons. The molecule has 0 saturated heterocycles. The minimum Gasteiger partial charge on any atom is -0.370 e. The maximum absolute atomic E-state index is 13.6. The van der Waals surface area contributed by atoms with Crippen LogP contribution < -0.4 is 5.32 Å². The zero-order valence-electron chi connectivity index (χ0n) is 15.3. The number of carbonyl (C=O) groups excluding carboxylic acids is 1. The number of halogens is 3. The summed E-state index contributed by atoms with van der Waals surface area (Å²) in [6.45, 7) is 1.78. The standard InChI is InChI=1S/C22H19Cl2FN2O/c1-14-12-17(25)4-5-18(14)22(27-20-6-3-16(23)13-19(20)24)21(28)7-2-15-8-10-26-11-9-15/h3-6,8-13,22,27H,2,7H2,1H3. The largest absolute Gasteiger partial charge is 0.370 e. The monoisotopic (exact) mass is 416 g/mol. The van der Waals surface area contributed by atoms with Crippen molar-refractivity contribution in [1.29, 1.82) is 0 Å². The predicted octanol–water partition coefficient (Wildman–Crippen LogP) is 6.19. The Morgan fingerprint density at radius 1 is 1.11 bits per heavy atom. The molecule has 6 heteroatoms. The fraction of sp³-hybridized carbons (Fsp3) is 0.182. The lowest BCUT2D eigenvalue weighted by molar-refractivity contribution is -0.119. The van der Waals surface area contributed by atoms with Gasteiger partial charge in [0.2, 0.25) is 0 Å². The molecule has 1 heterocycles. The second-order valence-electron chi connectivity index (χ2n) is 6.52. The fourth-order valence-electron chi connectivity index (χ4n) is 3.02. The van der Waals surface area contributed by atoms with E-state index >= 15 is 0 Å². The van der Waals surface area contributed by atoms with Gasteiger partial charge in [-0.1, -0.05) is 29.3 Å². The van der Waals surface area contributed by atoms with E-state index in [0.717, 1.165) is 5.56 Å². The number of nitrogens with one attached hydrogen (secondary N) is 1. The van der Waals surface area contributed by atoms with Gasteiger partial charge in [0.1, 0.15) is 11.9 Å². The maximum Gasteiger partial charge on any atom is 0.159 e. The van der Waals surface area contributed by atoms with Gasteiger partial charge < -0.3 is 5.32 Å². The molecule has 2 aromatic carbocycles. The summed E-state index contributed by atoms with van der Waals surface area (Å²) < 4.78 is 13.6. The molecule has 0 aliphatic carbocycles. The number of ketones is 1. The van der Waals surface area contributed by atoms with Crippen molar-refractivity contribution < 1.29 is 9.18 Å². The molecule has 0 saturated carbocycles. The van der Waals surface area contributed by atoms with Crippen LogP contribution in [0.5, 0.6) is 0 Å². The minimum atomic E-state index is -0.652. The van der Waals surface area contributed by atoms with E-state index in [0.29, 0.717) is 39.7 Å². The summed E-state index contributed by atoms with van der Waals surface area (Å²) >= 11 is 12.2. The third-order valence-electron chi connectivity index (χ3n) is 4.51. The first-order valence-corrected chi connectivity index (χ1v) is 9.59. The van der Waals surface area contributed by atoms with Gasteiger partial charge in [0, 0.05) is 23.8 Å². The van der Waals surface area contributed by atoms with Crippen LogP contribution in [0.15, 0.2) is 60.9 Å². The quantitative estimate of drug-likeness (QED) is 0.498. The summed E-state index contributed by atoms with van der Waals surface area (Å²) in [5.41, 5.74) is 3.03. The van der Waals surface area contributed by atoms with Gasteiger partial charge in [-0.2, -0.15) is 0 Å². The highest BCUT2D eigenvalue weighted by Crippen LogP contribution is 2.31. The molecule has 3 aromatic rings. The molecule has 0 fully saturated rings. The molecule has 1 unspecified atom stereocenters. The van der Waals surface area contributed by atoms with E-state index in [9.17, 15) is 9.18 Å². The number of hydrogen-bond acceptors (Lipinski definition) is 3. The van der Waals surface area contributed by atoms with Crippen LogP contribution in [0, 0.1) is 12.7 Å². The fourth-order valence-corrected chi connectivity index (χ4v) is 3.48. The van der Waals surface area contributed by atoms with E-state index in [-0.39, 0.29) is 11.6 Å². The van der Waals surface area contributed by atoms with Gasteiger partial charge in [-0.25, -0.2) is 4.39 Å². The van der Waals surface area contributed by atoms with Crippen molar-refractivity contribution in [1.82, 2.24) is 4.98 Å². The van der Waals surface area contributed by atoms with Gasteiger partial charge in [0.25, 0.3) is 0 Å². The zero-order valence-corrected chi connectivity index (χ0v) is 16.8. The van der Waals surface area contributed by atoms with E-state index in [1.54, 1.807) is 43.6 Å². The average Bonchev–Trinajstić information content (AvgIpc) is 2.67. The van der Waals surface area contributed by atoms with Gasteiger partial charge >= 0.3 is 0 Å². The summed E-state index contributed by atoms with van der Waals surface area (Å²) in [6.07, 6.45) is 4.32. The Kier molecular flexibility index (Phi) is 6.65. The lowest BCUT2D eigenvalue weighted by Gasteiger charge is -2.22. The van der Waals surface area contributed by atoms with Gasteiger partial charge in [-0.05, 0) is 72.5 Å². The van der Waals surface area contributed by atoms with Crippen molar-refractivity contribution in [2.45, 2.75) is 25.8 Å². The molecule has 1 N–H and O–H groups in total. The molecule has 1 aromatic heterocycles. The molecule has 1 atom stereocenters. The summed E-state index contributed by atoms with van der Waals surface area (Å²) in [7, 11) is 0. The van der Waals surface area contributed by atoms with E-state index in [1.165, 1.54) is 12.1 Å². The summed E-state index contributed by atoms with van der Waals surface area (Å²) in [4.78, 5) is 17.1. The maximum atomic E-state index is 13.6. The molecule has 0 aliphatic rings. The first-order valence-electron chi connectivity index (χ1n) is 8.83. The average molecular weight is 417 g/mol. The van der Waals surface area contributed by atoms with E-state index in [1.807, 2.05) is 12.1 Å². The van der Waals surface area contributed by atoms with Crippen LogP contribution in [0.3, 0.4) is 0 Å². The van der Waals surface area contributed by atoms with Crippen molar-refractivity contribution in [2.24, 2.45) is 0 Å². The number of benzene rings is 2. The van der Waals surface area contributed by atoms with E-state index in [4.69, 9.17) is 23.2 Å². The van der Waals surface area contributed by atoms with Gasteiger partial charge in [0.15, 0.2) is 5.78 Å². The Labute approximate surface area is 173 Å². The van der Waals surface area contributed by atoms with Gasteiger partial charge in [-0.3, -0.25) is 9.78 Å². The van der Waals surface area contributed by atoms with Crippen LogP contribution in [-0.2, 0) is 11.2 Å². The number of aromatic nitrogens is 1. The Balaban J connectivity index is 1.88. The number of carbonyl (C=O) groups is 1. The van der Waals surface area contributed by atoms with Crippen LogP contribution >= 0.6 is 23.2 Å².